The van der Waals surface area contributed by atoms with E-state index in [1.165, 1.54) is 0 Å². The number of benzene rings is 1. The Morgan fingerprint density at radius 1 is 1.17 bits per heavy atom. The maximum Gasteiger partial charge on any atom is 0.272 e. The zero-order chi connectivity index (χ0) is 19.6. The van der Waals surface area contributed by atoms with E-state index < -0.39 is 0 Å². The summed E-state index contributed by atoms with van der Waals surface area (Å²) in [5, 5.41) is 10.5. The van der Waals surface area contributed by atoms with Gasteiger partial charge in [-0.2, -0.15) is 5.10 Å². The van der Waals surface area contributed by atoms with Gasteiger partial charge in [0.25, 0.3) is 5.91 Å². The van der Waals surface area contributed by atoms with Gasteiger partial charge in [-0.15, -0.1) is 0 Å². The molecule has 1 aromatic carbocycles. The molecule has 154 valence electrons. The fraction of sp³-hybridized carbons (Fsp3) is 0.524. The Labute approximate surface area is 169 Å². The Hall–Kier alpha value is -2.58. The van der Waals surface area contributed by atoms with Crippen molar-refractivity contribution >= 4 is 5.91 Å². The average Bonchev–Trinajstić information content (AvgIpc) is 3.41. The van der Waals surface area contributed by atoms with Gasteiger partial charge in [0.1, 0.15) is 0 Å². The van der Waals surface area contributed by atoms with Crippen molar-refractivity contribution in [2.24, 2.45) is 0 Å². The molecule has 1 fully saturated rings. The molecule has 3 aliphatic rings. The first-order chi connectivity index (χ1) is 14.3. The summed E-state index contributed by atoms with van der Waals surface area (Å²) < 4.78 is 16.5. The molecule has 8 heteroatoms. The van der Waals surface area contributed by atoms with Gasteiger partial charge in [0, 0.05) is 30.9 Å². The molecule has 0 bridgehead atoms. The molecular formula is C21H26N4O4. The standard InChI is InChI=1S/C21H26N4O4/c26-21(20-15-3-1-2-4-16(15)23-24-20)22-12-17(25-7-9-27-10-8-25)14-5-6-18-19(11-14)29-13-28-18/h5-6,11,17H,1-4,7-10,12-13H2,(H,22,26)(H,23,24). The van der Waals surface area contributed by atoms with Crippen molar-refractivity contribution in [2.45, 2.75) is 31.7 Å². The Bertz CT molecular complexity index is 891. The smallest absolute Gasteiger partial charge is 0.272 e. The summed E-state index contributed by atoms with van der Waals surface area (Å²) in [6.07, 6.45) is 4.16. The molecule has 1 amide bonds. The summed E-state index contributed by atoms with van der Waals surface area (Å²) in [4.78, 5) is 15.3. The largest absolute Gasteiger partial charge is 0.454 e. The summed E-state index contributed by atoms with van der Waals surface area (Å²) >= 11 is 0. The summed E-state index contributed by atoms with van der Waals surface area (Å²) in [6, 6.07) is 6.05. The number of carbonyl (C=O) groups is 1. The van der Waals surface area contributed by atoms with Crippen LogP contribution in [0, 0.1) is 0 Å². The van der Waals surface area contributed by atoms with Gasteiger partial charge in [0.05, 0.1) is 19.3 Å². The second-order valence-corrected chi connectivity index (χ2v) is 7.72. The van der Waals surface area contributed by atoms with Crippen molar-refractivity contribution in [3.05, 3.63) is 40.7 Å². The van der Waals surface area contributed by atoms with E-state index in [1.807, 2.05) is 12.1 Å². The maximum atomic E-state index is 12.9. The maximum absolute atomic E-state index is 12.9. The van der Waals surface area contributed by atoms with Crippen LogP contribution in [0.3, 0.4) is 0 Å². The third-order valence-electron chi connectivity index (χ3n) is 6.00. The third-order valence-corrected chi connectivity index (χ3v) is 6.00. The van der Waals surface area contributed by atoms with Crippen molar-refractivity contribution in [1.29, 1.82) is 0 Å². The minimum Gasteiger partial charge on any atom is -0.454 e. The Balaban J connectivity index is 1.34. The van der Waals surface area contributed by atoms with Gasteiger partial charge in [-0.1, -0.05) is 6.07 Å². The van der Waals surface area contributed by atoms with Gasteiger partial charge in [0.15, 0.2) is 17.2 Å². The number of rotatable bonds is 5. The summed E-state index contributed by atoms with van der Waals surface area (Å²) in [7, 11) is 0. The van der Waals surface area contributed by atoms with Crippen LogP contribution in [0.5, 0.6) is 11.5 Å². The zero-order valence-corrected chi connectivity index (χ0v) is 16.4. The van der Waals surface area contributed by atoms with Crippen LogP contribution in [-0.2, 0) is 17.6 Å². The Morgan fingerprint density at radius 2 is 2.00 bits per heavy atom. The van der Waals surface area contributed by atoms with Crippen molar-refractivity contribution < 1.29 is 19.0 Å². The topological polar surface area (TPSA) is 88.7 Å². The van der Waals surface area contributed by atoms with Gasteiger partial charge >= 0.3 is 0 Å². The predicted molar refractivity (Wildman–Crippen MR) is 105 cm³/mol. The van der Waals surface area contributed by atoms with E-state index in [2.05, 4.69) is 26.5 Å². The molecule has 1 saturated heterocycles. The zero-order valence-electron chi connectivity index (χ0n) is 16.4. The minimum atomic E-state index is -0.108. The van der Waals surface area contributed by atoms with E-state index in [-0.39, 0.29) is 18.7 Å². The van der Waals surface area contributed by atoms with Crippen LogP contribution in [0.25, 0.3) is 0 Å². The number of hydrogen-bond acceptors (Lipinski definition) is 6. The summed E-state index contributed by atoms with van der Waals surface area (Å²) in [5.41, 5.74) is 3.84. The molecule has 2 aliphatic heterocycles. The lowest BCUT2D eigenvalue weighted by atomic mass is 9.95. The number of hydrogen-bond donors (Lipinski definition) is 2. The van der Waals surface area contributed by atoms with Crippen LogP contribution in [0.2, 0.25) is 0 Å². The highest BCUT2D eigenvalue weighted by Gasteiger charge is 2.27. The fourth-order valence-electron chi connectivity index (χ4n) is 4.41. The first-order valence-electron chi connectivity index (χ1n) is 10.4. The van der Waals surface area contributed by atoms with Gasteiger partial charge in [-0.3, -0.25) is 14.8 Å². The number of ether oxygens (including phenoxy) is 3. The van der Waals surface area contributed by atoms with E-state index in [0.29, 0.717) is 25.5 Å². The molecule has 3 heterocycles. The predicted octanol–water partition coefficient (Wildman–Crippen LogP) is 1.82. The van der Waals surface area contributed by atoms with Gasteiger partial charge in [-0.05, 0) is 43.4 Å². The number of H-pyrrole nitrogens is 1. The Morgan fingerprint density at radius 3 is 2.90 bits per heavy atom. The van der Waals surface area contributed by atoms with Crippen molar-refractivity contribution in [3.63, 3.8) is 0 Å². The molecule has 2 aromatic rings. The minimum absolute atomic E-state index is 0.0344. The van der Waals surface area contributed by atoms with Crippen molar-refractivity contribution in [3.8, 4) is 11.5 Å². The van der Waals surface area contributed by atoms with Gasteiger partial charge < -0.3 is 19.5 Å². The molecule has 0 spiro atoms. The SMILES string of the molecule is O=C(NCC(c1ccc2c(c1)OCO2)N1CCOCC1)c1n[nH]c2c1CCCC2. The number of aryl methyl sites for hydroxylation is 1. The van der Waals surface area contributed by atoms with E-state index in [0.717, 1.165) is 67.1 Å². The highest BCUT2D eigenvalue weighted by atomic mass is 16.7. The van der Waals surface area contributed by atoms with Gasteiger partial charge in [0.2, 0.25) is 6.79 Å². The molecule has 29 heavy (non-hydrogen) atoms. The van der Waals surface area contributed by atoms with E-state index >= 15 is 0 Å². The molecule has 8 nitrogen and oxygen atoms in total. The second-order valence-electron chi connectivity index (χ2n) is 7.72. The molecular weight excluding hydrogens is 372 g/mol. The molecule has 2 N–H and O–H groups in total. The summed E-state index contributed by atoms with van der Waals surface area (Å²) in [5.74, 6) is 1.42. The van der Waals surface area contributed by atoms with Gasteiger partial charge in [-0.25, -0.2) is 0 Å². The number of nitrogens with one attached hydrogen (secondary N) is 2. The normalized spacial score (nSPS) is 19.6. The average molecular weight is 398 g/mol. The first-order valence-corrected chi connectivity index (χ1v) is 10.4. The third kappa shape index (κ3) is 3.70. The van der Waals surface area contributed by atoms with Crippen LogP contribution in [-0.4, -0.2) is 60.6 Å². The van der Waals surface area contributed by atoms with E-state index in [4.69, 9.17) is 14.2 Å². The monoisotopic (exact) mass is 398 g/mol. The highest BCUT2D eigenvalue weighted by molar-refractivity contribution is 5.94. The summed E-state index contributed by atoms with van der Waals surface area (Å²) in [6.45, 7) is 3.80. The highest BCUT2D eigenvalue weighted by Crippen LogP contribution is 2.35. The number of morpholine rings is 1. The van der Waals surface area contributed by atoms with E-state index in [9.17, 15) is 4.79 Å². The number of nitrogens with zero attached hydrogens (tertiary/aromatic N) is 2. The van der Waals surface area contributed by atoms with Crippen LogP contribution >= 0.6 is 0 Å². The molecule has 1 aromatic heterocycles. The Kier molecular flexibility index (Phi) is 5.12. The lowest BCUT2D eigenvalue weighted by Gasteiger charge is -2.35. The number of amides is 1. The molecule has 1 unspecified atom stereocenters. The van der Waals surface area contributed by atoms with Crippen molar-refractivity contribution in [2.75, 3.05) is 39.6 Å². The molecule has 1 atom stereocenters. The number of aromatic amines is 1. The van der Waals surface area contributed by atoms with E-state index in [1.54, 1.807) is 0 Å². The molecule has 5 rings (SSSR count). The first kappa shape index (κ1) is 18.4. The number of carbonyl (C=O) groups excluding carboxylic acids is 1. The van der Waals surface area contributed by atoms with Crippen LogP contribution < -0.4 is 14.8 Å². The van der Waals surface area contributed by atoms with Crippen LogP contribution in [0.15, 0.2) is 18.2 Å². The van der Waals surface area contributed by atoms with Crippen LogP contribution in [0.1, 0.15) is 46.2 Å². The number of fused-ring (bicyclic) bond motifs is 2. The molecule has 0 radical (unpaired) electrons. The fourth-order valence-corrected chi connectivity index (χ4v) is 4.41. The lowest BCUT2D eigenvalue weighted by molar-refractivity contribution is 0.0162. The second kappa shape index (κ2) is 8.04. The van der Waals surface area contributed by atoms with Crippen LogP contribution in [0.4, 0.5) is 0 Å². The number of aromatic nitrogens is 2. The van der Waals surface area contributed by atoms with Crippen molar-refractivity contribution in [1.82, 2.24) is 20.4 Å². The molecule has 0 saturated carbocycles. The lowest BCUT2D eigenvalue weighted by Crippen LogP contribution is -2.44. The quantitative estimate of drug-likeness (QED) is 0.799. The molecule has 1 aliphatic carbocycles.